The first-order chi connectivity index (χ1) is 14.8. The molecule has 1 saturated carbocycles. The van der Waals surface area contributed by atoms with Crippen LogP contribution in [0.25, 0.3) is 0 Å². The van der Waals surface area contributed by atoms with Gasteiger partial charge in [-0.05, 0) is 65.4 Å². The molecule has 0 saturated heterocycles. The fourth-order valence-electron chi connectivity index (χ4n) is 3.86. The number of fused-ring (bicyclic) bond motifs is 1. The number of rotatable bonds is 7. The Balaban J connectivity index is 1.37. The van der Waals surface area contributed by atoms with Gasteiger partial charge in [0.05, 0.1) is 12.8 Å². The lowest BCUT2D eigenvalue weighted by Gasteiger charge is -2.09. The fourth-order valence-corrected chi connectivity index (χ4v) is 3.86. The highest BCUT2D eigenvalue weighted by atomic mass is 16.7. The minimum Gasteiger partial charge on any atom is -0.497 e. The Morgan fingerprint density at radius 3 is 2.57 bits per heavy atom. The molecule has 5 heteroatoms. The van der Waals surface area contributed by atoms with E-state index in [1.807, 2.05) is 60.7 Å². The summed E-state index contributed by atoms with van der Waals surface area (Å²) in [6, 6.07) is 24.3. The summed E-state index contributed by atoms with van der Waals surface area (Å²) in [4.78, 5) is 5.76. The molecule has 1 aliphatic heterocycles. The zero-order valence-electron chi connectivity index (χ0n) is 16.8. The van der Waals surface area contributed by atoms with Gasteiger partial charge in [-0.25, -0.2) is 0 Å². The van der Waals surface area contributed by atoms with E-state index in [1.165, 1.54) is 5.56 Å². The third-order valence-electron chi connectivity index (χ3n) is 5.59. The van der Waals surface area contributed by atoms with Crippen molar-refractivity contribution >= 4 is 5.71 Å². The lowest BCUT2D eigenvalue weighted by atomic mass is 10.0. The van der Waals surface area contributed by atoms with Crippen LogP contribution in [0.5, 0.6) is 17.2 Å². The van der Waals surface area contributed by atoms with Gasteiger partial charge < -0.3 is 19.0 Å². The predicted molar refractivity (Wildman–Crippen MR) is 114 cm³/mol. The smallest absolute Gasteiger partial charge is 0.231 e. The number of methoxy groups -OCH3 is 1. The maximum Gasteiger partial charge on any atom is 0.231 e. The Morgan fingerprint density at radius 1 is 0.967 bits per heavy atom. The van der Waals surface area contributed by atoms with Gasteiger partial charge in [0.2, 0.25) is 6.79 Å². The second-order valence-electron chi connectivity index (χ2n) is 7.53. The average molecular weight is 401 g/mol. The monoisotopic (exact) mass is 401 g/mol. The first-order valence-corrected chi connectivity index (χ1v) is 10.1. The maximum absolute atomic E-state index is 5.76. The van der Waals surface area contributed by atoms with Crippen LogP contribution < -0.4 is 14.2 Å². The van der Waals surface area contributed by atoms with Crippen molar-refractivity contribution in [2.24, 2.45) is 11.1 Å². The molecule has 3 aromatic rings. The minimum absolute atomic E-state index is 0.290. The van der Waals surface area contributed by atoms with E-state index in [0.29, 0.717) is 25.2 Å². The molecule has 0 spiro atoms. The molecular formula is C25H23NO4. The van der Waals surface area contributed by atoms with Crippen molar-refractivity contribution in [1.29, 1.82) is 0 Å². The number of nitrogens with zero attached hydrogens (tertiary/aromatic N) is 1. The highest BCUT2D eigenvalue weighted by molar-refractivity contribution is 6.04. The van der Waals surface area contributed by atoms with Crippen LogP contribution in [-0.2, 0) is 11.4 Å². The van der Waals surface area contributed by atoms with Gasteiger partial charge in [0, 0.05) is 5.92 Å². The normalized spacial score (nSPS) is 19.4. The van der Waals surface area contributed by atoms with Gasteiger partial charge in [0.25, 0.3) is 0 Å². The Bertz CT molecular complexity index is 1050. The van der Waals surface area contributed by atoms with Crippen molar-refractivity contribution in [1.82, 2.24) is 0 Å². The van der Waals surface area contributed by atoms with Gasteiger partial charge in [-0.1, -0.05) is 41.6 Å². The molecule has 3 aromatic carbocycles. The minimum atomic E-state index is 0.290. The first-order valence-electron chi connectivity index (χ1n) is 10.1. The van der Waals surface area contributed by atoms with Gasteiger partial charge >= 0.3 is 0 Å². The van der Waals surface area contributed by atoms with E-state index < -0.39 is 0 Å². The number of benzene rings is 3. The summed E-state index contributed by atoms with van der Waals surface area (Å²) in [6.07, 6.45) is 1.03. The van der Waals surface area contributed by atoms with Crippen molar-refractivity contribution in [2.75, 3.05) is 13.9 Å². The predicted octanol–water partition coefficient (Wildman–Crippen LogP) is 5.15. The molecule has 1 fully saturated rings. The molecular weight excluding hydrogens is 378 g/mol. The summed E-state index contributed by atoms with van der Waals surface area (Å²) in [7, 11) is 1.67. The largest absolute Gasteiger partial charge is 0.497 e. The summed E-state index contributed by atoms with van der Waals surface area (Å²) >= 11 is 0. The van der Waals surface area contributed by atoms with Crippen molar-refractivity contribution in [3.8, 4) is 17.2 Å². The lowest BCUT2D eigenvalue weighted by molar-refractivity contribution is 0.130. The van der Waals surface area contributed by atoms with Gasteiger partial charge in [-0.2, -0.15) is 0 Å². The van der Waals surface area contributed by atoms with Crippen LogP contribution >= 0.6 is 0 Å². The van der Waals surface area contributed by atoms with Crippen LogP contribution in [0.2, 0.25) is 0 Å². The molecule has 0 aromatic heterocycles. The van der Waals surface area contributed by atoms with Crippen molar-refractivity contribution < 1.29 is 19.0 Å². The summed E-state index contributed by atoms with van der Waals surface area (Å²) in [5.41, 5.74) is 4.36. The SMILES string of the molecule is COc1ccc(/C(=N/OCc2ccccc2)[C@H]2C[C@H]2c2ccc3c(c2)OCO3)cc1. The zero-order valence-corrected chi connectivity index (χ0v) is 16.8. The van der Waals surface area contributed by atoms with Crippen LogP contribution in [0.15, 0.2) is 78.0 Å². The fraction of sp³-hybridized carbons (Fsp3) is 0.240. The molecule has 152 valence electrons. The summed E-state index contributed by atoms with van der Waals surface area (Å²) < 4.78 is 16.3. The average Bonchev–Trinajstić information content (AvgIpc) is 3.45. The van der Waals surface area contributed by atoms with Gasteiger partial charge in [-0.3, -0.25) is 0 Å². The molecule has 0 bridgehead atoms. The van der Waals surface area contributed by atoms with E-state index in [9.17, 15) is 0 Å². The van der Waals surface area contributed by atoms with Gasteiger partial charge in [0.15, 0.2) is 11.5 Å². The van der Waals surface area contributed by atoms with Crippen LogP contribution in [0.4, 0.5) is 0 Å². The topological polar surface area (TPSA) is 49.3 Å². The molecule has 5 rings (SSSR count). The summed E-state index contributed by atoms with van der Waals surface area (Å²) in [5.74, 6) is 3.15. The van der Waals surface area contributed by atoms with E-state index in [2.05, 4.69) is 17.3 Å². The second-order valence-corrected chi connectivity index (χ2v) is 7.53. The molecule has 0 N–H and O–H groups in total. The Morgan fingerprint density at radius 2 is 1.77 bits per heavy atom. The lowest BCUT2D eigenvalue weighted by Crippen LogP contribution is -2.07. The summed E-state index contributed by atoms with van der Waals surface area (Å²) in [5, 5.41) is 4.57. The maximum atomic E-state index is 5.76. The van der Waals surface area contributed by atoms with E-state index in [0.717, 1.165) is 40.5 Å². The molecule has 2 atom stereocenters. The summed E-state index contributed by atoms with van der Waals surface area (Å²) in [6.45, 7) is 0.737. The van der Waals surface area contributed by atoms with Crippen LogP contribution in [0.1, 0.15) is 29.0 Å². The zero-order chi connectivity index (χ0) is 20.3. The number of hydrogen-bond donors (Lipinski definition) is 0. The molecule has 30 heavy (non-hydrogen) atoms. The van der Waals surface area contributed by atoms with Gasteiger partial charge in [-0.15, -0.1) is 0 Å². The molecule has 0 amide bonds. The van der Waals surface area contributed by atoms with E-state index in [1.54, 1.807) is 7.11 Å². The molecule has 0 radical (unpaired) electrons. The number of oxime groups is 1. The van der Waals surface area contributed by atoms with Crippen molar-refractivity contribution in [3.63, 3.8) is 0 Å². The Kier molecular flexibility index (Phi) is 5.01. The molecule has 1 aliphatic carbocycles. The van der Waals surface area contributed by atoms with E-state index >= 15 is 0 Å². The number of hydrogen-bond acceptors (Lipinski definition) is 5. The second kappa shape index (κ2) is 8.11. The first kappa shape index (κ1) is 18.6. The van der Waals surface area contributed by atoms with Gasteiger partial charge in [0.1, 0.15) is 12.4 Å². The van der Waals surface area contributed by atoms with Crippen LogP contribution in [0.3, 0.4) is 0 Å². The van der Waals surface area contributed by atoms with Crippen molar-refractivity contribution in [3.05, 3.63) is 89.5 Å². The Hall–Kier alpha value is -3.47. The third kappa shape index (κ3) is 3.83. The molecule has 1 heterocycles. The van der Waals surface area contributed by atoms with E-state index in [4.69, 9.17) is 19.0 Å². The highest BCUT2D eigenvalue weighted by Crippen LogP contribution is 2.51. The number of ether oxygens (including phenoxy) is 3. The van der Waals surface area contributed by atoms with Crippen LogP contribution in [-0.4, -0.2) is 19.6 Å². The standard InChI is InChI=1S/C25H23NO4/c1-27-20-10-7-18(8-11-20)25(26-30-15-17-5-3-2-4-6-17)22-14-21(22)19-9-12-23-24(13-19)29-16-28-23/h2-13,21-22H,14-16H2,1H3/b26-25-/t21-,22-/m0/s1. The van der Waals surface area contributed by atoms with E-state index in [-0.39, 0.29) is 0 Å². The quantitative estimate of drug-likeness (QED) is 0.406. The van der Waals surface area contributed by atoms with Crippen LogP contribution in [0, 0.1) is 5.92 Å². The molecule has 2 aliphatic rings. The highest BCUT2D eigenvalue weighted by Gasteiger charge is 2.43. The Labute approximate surface area is 175 Å². The molecule has 5 nitrogen and oxygen atoms in total. The third-order valence-corrected chi connectivity index (χ3v) is 5.59. The van der Waals surface area contributed by atoms with Crippen molar-refractivity contribution in [2.45, 2.75) is 18.9 Å². The molecule has 0 unspecified atom stereocenters.